The van der Waals surface area contributed by atoms with Gasteiger partial charge in [0.25, 0.3) is 0 Å². The van der Waals surface area contributed by atoms with Gasteiger partial charge in [0.15, 0.2) is 17.3 Å². The maximum absolute atomic E-state index is 13.4. The Morgan fingerprint density at radius 1 is 1.06 bits per heavy atom. The highest BCUT2D eigenvalue weighted by Gasteiger charge is 2.11. The van der Waals surface area contributed by atoms with Crippen molar-refractivity contribution in [2.75, 3.05) is 5.73 Å². The van der Waals surface area contributed by atoms with Crippen molar-refractivity contribution in [1.29, 1.82) is 0 Å². The van der Waals surface area contributed by atoms with Gasteiger partial charge in [-0.15, -0.1) is 0 Å². The summed E-state index contributed by atoms with van der Waals surface area (Å²) < 4.78 is 32.5. The summed E-state index contributed by atoms with van der Waals surface area (Å²) in [6.07, 6.45) is 0. The molecule has 0 saturated carbocycles. The lowest BCUT2D eigenvalue weighted by Gasteiger charge is -2.09. The zero-order valence-corrected chi connectivity index (χ0v) is 10.7. The van der Waals surface area contributed by atoms with Crippen LogP contribution in [0.3, 0.4) is 0 Å². The highest BCUT2D eigenvalue weighted by Crippen LogP contribution is 2.30. The number of anilines is 1. The predicted octanol–water partition coefficient (Wildman–Crippen LogP) is 3.94. The van der Waals surface area contributed by atoms with Crippen LogP contribution in [0.4, 0.5) is 14.5 Å². The van der Waals surface area contributed by atoms with Crippen molar-refractivity contribution in [3.63, 3.8) is 0 Å². The van der Waals surface area contributed by atoms with Crippen molar-refractivity contribution in [3.05, 3.63) is 51.6 Å². The van der Waals surface area contributed by atoms with Gasteiger partial charge in [0.2, 0.25) is 5.82 Å². The Morgan fingerprint density at radius 3 is 2.53 bits per heavy atom. The molecule has 0 radical (unpaired) electrons. The van der Waals surface area contributed by atoms with E-state index >= 15 is 0 Å². The first kappa shape index (κ1) is 12.1. The van der Waals surface area contributed by atoms with Crippen molar-refractivity contribution in [2.24, 2.45) is 0 Å². The minimum absolute atomic E-state index is 0.182. The Balaban J connectivity index is 2.35. The van der Waals surface area contributed by atoms with Crippen molar-refractivity contribution >= 4 is 28.3 Å². The summed E-state index contributed by atoms with van der Waals surface area (Å²) in [4.78, 5) is 0. The summed E-state index contributed by atoms with van der Waals surface area (Å²) >= 11 is 2.10. The number of hydrogen-bond donors (Lipinski definition) is 1. The molecule has 2 aromatic carbocycles. The number of nitrogen functional groups attached to an aromatic ring is 1. The van der Waals surface area contributed by atoms with Crippen LogP contribution in [-0.4, -0.2) is 0 Å². The van der Waals surface area contributed by atoms with E-state index in [1.165, 1.54) is 12.1 Å². The summed E-state index contributed by atoms with van der Waals surface area (Å²) in [7, 11) is 0. The van der Waals surface area contributed by atoms with Crippen molar-refractivity contribution < 1.29 is 13.5 Å². The van der Waals surface area contributed by atoms with E-state index in [0.29, 0.717) is 11.4 Å². The molecule has 88 valence electrons. The number of benzene rings is 2. The maximum Gasteiger partial charge on any atom is 0.201 e. The lowest BCUT2D eigenvalue weighted by atomic mass is 10.3. The third kappa shape index (κ3) is 2.66. The molecule has 0 amide bonds. The van der Waals surface area contributed by atoms with Gasteiger partial charge in [0, 0.05) is 3.57 Å². The fraction of sp³-hybridized carbons (Fsp3) is 0. The first-order chi connectivity index (χ1) is 8.08. The van der Waals surface area contributed by atoms with Gasteiger partial charge < -0.3 is 10.5 Å². The van der Waals surface area contributed by atoms with Gasteiger partial charge in [-0.2, -0.15) is 4.39 Å². The highest BCUT2D eigenvalue weighted by molar-refractivity contribution is 14.1. The van der Waals surface area contributed by atoms with Crippen LogP contribution in [0.5, 0.6) is 11.5 Å². The zero-order valence-electron chi connectivity index (χ0n) is 8.58. The van der Waals surface area contributed by atoms with Crippen LogP contribution >= 0.6 is 22.6 Å². The van der Waals surface area contributed by atoms with Crippen LogP contribution in [0.15, 0.2) is 36.4 Å². The molecule has 2 aromatic rings. The first-order valence-electron chi connectivity index (χ1n) is 4.75. The molecule has 0 bridgehead atoms. The molecular formula is C12H8F2INO. The van der Waals surface area contributed by atoms with Crippen LogP contribution < -0.4 is 10.5 Å². The smallest absolute Gasteiger partial charge is 0.201 e. The van der Waals surface area contributed by atoms with Gasteiger partial charge in [0.1, 0.15) is 0 Å². The van der Waals surface area contributed by atoms with E-state index in [9.17, 15) is 8.78 Å². The quantitative estimate of drug-likeness (QED) is 0.660. The molecule has 0 saturated heterocycles. The predicted molar refractivity (Wildman–Crippen MR) is 70.0 cm³/mol. The Bertz CT molecular complexity index is 560. The summed E-state index contributed by atoms with van der Waals surface area (Å²) in [5, 5.41) is 0. The van der Waals surface area contributed by atoms with Crippen molar-refractivity contribution in [1.82, 2.24) is 0 Å². The molecule has 0 fully saturated rings. The standard InChI is InChI=1S/C12H8F2INO/c13-8-2-1-3-11(12(8)14)17-10-5-4-7(15)6-9(10)16/h1-6H,16H2. The first-order valence-corrected chi connectivity index (χ1v) is 5.82. The highest BCUT2D eigenvalue weighted by atomic mass is 127. The fourth-order valence-corrected chi connectivity index (χ4v) is 1.81. The minimum Gasteiger partial charge on any atom is -0.452 e. The molecule has 2 N–H and O–H groups in total. The average Bonchev–Trinajstić information content (AvgIpc) is 2.28. The van der Waals surface area contributed by atoms with E-state index in [2.05, 4.69) is 22.6 Å². The van der Waals surface area contributed by atoms with E-state index < -0.39 is 11.6 Å². The molecule has 0 aliphatic rings. The molecule has 0 aromatic heterocycles. The van der Waals surface area contributed by atoms with Crippen molar-refractivity contribution in [2.45, 2.75) is 0 Å². The third-order valence-electron chi connectivity index (χ3n) is 2.11. The van der Waals surface area contributed by atoms with Gasteiger partial charge in [-0.25, -0.2) is 4.39 Å². The Hall–Kier alpha value is -1.37. The maximum atomic E-state index is 13.4. The summed E-state index contributed by atoms with van der Waals surface area (Å²) in [5.74, 6) is -1.86. The normalized spacial score (nSPS) is 10.3. The molecule has 17 heavy (non-hydrogen) atoms. The fourth-order valence-electron chi connectivity index (χ4n) is 1.29. The minimum atomic E-state index is -1.02. The molecule has 0 heterocycles. The third-order valence-corrected chi connectivity index (χ3v) is 2.78. The second-order valence-corrected chi connectivity index (χ2v) is 4.58. The largest absolute Gasteiger partial charge is 0.452 e. The topological polar surface area (TPSA) is 35.2 Å². The van der Waals surface area contributed by atoms with E-state index in [0.717, 1.165) is 9.64 Å². The van der Waals surface area contributed by atoms with E-state index in [1.54, 1.807) is 18.2 Å². The second-order valence-electron chi connectivity index (χ2n) is 3.34. The van der Waals surface area contributed by atoms with Gasteiger partial charge in [-0.05, 0) is 52.9 Å². The van der Waals surface area contributed by atoms with E-state index in [4.69, 9.17) is 10.5 Å². The molecule has 0 atom stereocenters. The van der Waals surface area contributed by atoms with Gasteiger partial charge in [-0.3, -0.25) is 0 Å². The zero-order chi connectivity index (χ0) is 12.4. The number of rotatable bonds is 2. The lowest BCUT2D eigenvalue weighted by Crippen LogP contribution is -1.95. The van der Waals surface area contributed by atoms with E-state index in [1.807, 2.05) is 0 Å². The average molecular weight is 347 g/mol. The molecular weight excluding hydrogens is 339 g/mol. The number of halogens is 3. The molecule has 0 spiro atoms. The number of ether oxygens (including phenoxy) is 1. The Morgan fingerprint density at radius 2 is 1.82 bits per heavy atom. The molecule has 0 aliphatic heterocycles. The van der Waals surface area contributed by atoms with Crippen LogP contribution in [0.25, 0.3) is 0 Å². The summed E-state index contributed by atoms with van der Waals surface area (Å²) in [6.45, 7) is 0. The summed E-state index contributed by atoms with van der Waals surface area (Å²) in [5.41, 5.74) is 6.09. The number of hydrogen-bond acceptors (Lipinski definition) is 2. The number of nitrogens with two attached hydrogens (primary N) is 1. The second kappa shape index (κ2) is 4.87. The van der Waals surface area contributed by atoms with E-state index in [-0.39, 0.29) is 5.75 Å². The Kier molecular flexibility index (Phi) is 3.46. The SMILES string of the molecule is Nc1cc(I)ccc1Oc1cccc(F)c1F. The lowest BCUT2D eigenvalue weighted by molar-refractivity contribution is 0.417. The Labute approximate surface area is 111 Å². The molecule has 2 nitrogen and oxygen atoms in total. The van der Waals surface area contributed by atoms with Gasteiger partial charge in [0.05, 0.1) is 5.69 Å². The molecule has 0 aliphatic carbocycles. The molecule has 5 heteroatoms. The van der Waals surface area contributed by atoms with Crippen LogP contribution in [-0.2, 0) is 0 Å². The van der Waals surface area contributed by atoms with Gasteiger partial charge in [-0.1, -0.05) is 6.07 Å². The monoisotopic (exact) mass is 347 g/mol. The molecule has 0 unspecified atom stereocenters. The van der Waals surface area contributed by atoms with Crippen molar-refractivity contribution in [3.8, 4) is 11.5 Å². The van der Waals surface area contributed by atoms with Gasteiger partial charge >= 0.3 is 0 Å². The molecule has 2 rings (SSSR count). The van der Waals surface area contributed by atoms with Crippen LogP contribution in [0.1, 0.15) is 0 Å². The van der Waals surface area contributed by atoms with Crippen LogP contribution in [0.2, 0.25) is 0 Å². The summed E-state index contributed by atoms with van der Waals surface area (Å²) in [6, 6.07) is 8.81. The van der Waals surface area contributed by atoms with Crippen LogP contribution in [0, 0.1) is 15.2 Å².